The van der Waals surface area contributed by atoms with Crippen LogP contribution in [0.15, 0.2) is 0 Å². The van der Waals surface area contributed by atoms with Crippen molar-refractivity contribution < 1.29 is 0 Å². The molecular formula is C14H28N2. The molecule has 1 saturated heterocycles. The van der Waals surface area contributed by atoms with Crippen molar-refractivity contribution in [1.29, 1.82) is 0 Å². The molecule has 0 aromatic carbocycles. The highest BCUT2D eigenvalue weighted by Crippen LogP contribution is 2.30. The van der Waals surface area contributed by atoms with Gasteiger partial charge >= 0.3 is 0 Å². The maximum atomic E-state index is 3.55. The molecule has 1 aliphatic heterocycles. The highest BCUT2D eigenvalue weighted by Gasteiger charge is 2.32. The molecule has 1 heterocycles. The van der Waals surface area contributed by atoms with E-state index >= 15 is 0 Å². The van der Waals surface area contributed by atoms with Gasteiger partial charge in [-0.25, -0.2) is 0 Å². The van der Waals surface area contributed by atoms with Gasteiger partial charge in [0, 0.05) is 31.7 Å². The monoisotopic (exact) mass is 224 g/mol. The van der Waals surface area contributed by atoms with Crippen LogP contribution in [-0.4, -0.2) is 36.6 Å². The summed E-state index contributed by atoms with van der Waals surface area (Å²) in [7, 11) is 0. The van der Waals surface area contributed by atoms with Gasteiger partial charge in [0.1, 0.15) is 0 Å². The van der Waals surface area contributed by atoms with Gasteiger partial charge in [-0.3, -0.25) is 4.90 Å². The second kappa shape index (κ2) is 5.50. The van der Waals surface area contributed by atoms with Crippen LogP contribution in [0.5, 0.6) is 0 Å². The lowest BCUT2D eigenvalue weighted by atomic mass is 9.84. The molecule has 3 unspecified atom stereocenters. The van der Waals surface area contributed by atoms with Crippen molar-refractivity contribution in [2.45, 2.75) is 58.5 Å². The molecule has 1 N–H and O–H groups in total. The van der Waals surface area contributed by atoms with Crippen LogP contribution in [0.2, 0.25) is 0 Å². The van der Waals surface area contributed by atoms with Crippen molar-refractivity contribution in [2.24, 2.45) is 11.8 Å². The second-order valence-corrected chi connectivity index (χ2v) is 6.18. The van der Waals surface area contributed by atoms with Crippen LogP contribution in [0.3, 0.4) is 0 Å². The Hall–Kier alpha value is -0.0800. The Morgan fingerprint density at radius 3 is 2.75 bits per heavy atom. The van der Waals surface area contributed by atoms with Crippen molar-refractivity contribution >= 4 is 0 Å². The summed E-state index contributed by atoms with van der Waals surface area (Å²) in [6.07, 6.45) is 5.77. The lowest BCUT2D eigenvalue weighted by Gasteiger charge is -2.45. The normalized spacial score (nSPS) is 37.9. The van der Waals surface area contributed by atoms with Crippen molar-refractivity contribution in [1.82, 2.24) is 10.2 Å². The van der Waals surface area contributed by atoms with E-state index in [0.29, 0.717) is 0 Å². The van der Waals surface area contributed by atoms with E-state index in [1.165, 1.54) is 45.3 Å². The lowest BCUT2D eigenvalue weighted by molar-refractivity contribution is 0.0477. The molecule has 2 aliphatic rings. The summed E-state index contributed by atoms with van der Waals surface area (Å²) in [5.41, 5.74) is 0. The zero-order chi connectivity index (χ0) is 11.5. The number of hydrogen-bond donors (Lipinski definition) is 1. The highest BCUT2D eigenvalue weighted by atomic mass is 15.2. The van der Waals surface area contributed by atoms with Gasteiger partial charge in [0.2, 0.25) is 0 Å². The van der Waals surface area contributed by atoms with Crippen LogP contribution in [0.1, 0.15) is 46.5 Å². The third-order valence-electron chi connectivity index (χ3n) is 4.47. The Bertz CT molecular complexity index is 215. The zero-order valence-electron chi connectivity index (χ0n) is 11.2. The summed E-state index contributed by atoms with van der Waals surface area (Å²) < 4.78 is 0. The van der Waals surface area contributed by atoms with Crippen LogP contribution in [0.25, 0.3) is 0 Å². The fraction of sp³-hybridized carbons (Fsp3) is 1.00. The molecular weight excluding hydrogens is 196 g/mol. The van der Waals surface area contributed by atoms with E-state index < -0.39 is 0 Å². The number of rotatable bonds is 2. The number of nitrogens with zero attached hydrogens (tertiary/aromatic N) is 1. The molecule has 0 spiro atoms. The van der Waals surface area contributed by atoms with E-state index in [1.54, 1.807) is 0 Å². The number of piperazine rings is 1. The first-order valence-electron chi connectivity index (χ1n) is 7.15. The van der Waals surface area contributed by atoms with Crippen molar-refractivity contribution in [2.75, 3.05) is 19.6 Å². The fourth-order valence-electron chi connectivity index (χ4n) is 3.52. The molecule has 1 saturated carbocycles. The van der Waals surface area contributed by atoms with Gasteiger partial charge in [-0.05, 0) is 24.7 Å². The highest BCUT2D eigenvalue weighted by molar-refractivity contribution is 4.89. The predicted molar refractivity (Wildman–Crippen MR) is 69.6 cm³/mol. The third-order valence-corrected chi connectivity index (χ3v) is 4.47. The Labute approximate surface area is 101 Å². The summed E-state index contributed by atoms with van der Waals surface area (Å²) in [6, 6.07) is 1.64. The smallest absolute Gasteiger partial charge is 0.0247 e. The minimum absolute atomic E-state index is 0.768. The standard InChI is InChI=1S/C14H28N2/c1-11(2)14-10-15-7-8-16(14)13-6-4-5-12(3)9-13/h11-15H,4-10H2,1-3H3. The first kappa shape index (κ1) is 12.4. The zero-order valence-corrected chi connectivity index (χ0v) is 11.2. The Kier molecular flexibility index (Phi) is 4.26. The van der Waals surface area contributed by atoms with E-state index in [-0.39, 0.29) is 0 Å². The first-order valence-corrected chi connectivity index (χ1v) is 7.15. The molecule has 1 aliphatic carbocycles. The quantitative estimate of drug-likeness (QED) is 0.775. The van der Waals surface area contributed by atoms with E-state index in [0.717, 1.165) is 23.9 Å². The maximum Gasteiger partial charge on any atom is 0.0247 e. The topological polar surface area (TPSA) is 15.3 Å². The summed E-state index contributed by atoms with van der Waals surface area (Å²) in [6.45, 7) is 10.8. The summed E-state index contributed by atoms with van der Waals surface area (Å²) in [5.74, 6) is 1.73. The Morgan fingerprint density at radius 2 is 2.06 bits per heavy atom. The van der Waals surface area contributed by atoms with Gasteiger partial charge in [-0.2, -0.15) is 0 Å². The van der Waals surface area contributed by atoms with Gasteiger partial charge in [0.05, 0.1) is 0 Å². The second-order valence-electron chi connectivity index (χ2n) is 6.18. The molecule has 2 heteroatoms. The molecule has 16 heavy (non-hydrogen) atoms. The Balaban J connectivity index is 1.98. The van der Waals surface area contributed by atoms with Gasteiger partial charge < -0.3 is 5.32 Å². The largest absolute Gasteiger partial charge is 0.314 e. The first-order chi connectivity index (χ1) is 7.68. The minimum atomic E-state index is 0.768. The van der Waals surface area contributed by atoms with Crippen LogP contribution in [0.4, 0.5) is 0 Å². The van der Waals surface area contributed by atoms with Crippen LogP contribution >= 0.6 is 0 Å². The minimum Gasteiger partial charge on any atom is -0.314 e. The van der Waals surface area contributed by atoms with Gasteiger partial charge in [-0.15, -0.1) is 0 Å². The summed E-state index contributed by atoms with van der Waals surface area (Å²) >= 11 is 0. The van der Waals surface area contributed by atoms with Crippen LogP contribution in [-0.2, 0) is 0 Å². The van der Waals surface area contributed by atoms with Crippen molar-refractivity contribution in [3.63, 3.8) is 0 Å². The van der Waals surface area contributed by atoms with E-state index in [2.05, 4.69) is 31.0 Å². The molecule has 2 nitrogen and oxygen atoms in total. The lowest BCUT2D eigenvalue weighted by Crippen LogP contribution is -2.57. The molecule has 2 rings (SSSR count). The van der Waals surface area contributed by atoms with E-state index in [1.807, 2.05) is 0 Å². The molecule has 0 aromatic rings. The molecule has 3 atom stereocenters. The van der Waals surface area contributed by atoms with E-state index in [9.17, 15) is 0 Å². The van der Waals surface area contributed by atoms with Crippen molar-refractivity contribution in [3.8, 4) is 0 Å². The summed E-state index contributed by atoms with van der Waals surface area (Å²) in [5, 5.41) is 3.55. The average molecular weight is 224 g/mol. The van der Waals surface area contributed by atoms with Gasteiger partial charge in [-0.1, -0.05) is 33.6 Å². The molecule has 94 valence electrons. The number of hydrogen-bond acceptors (Lipinski definition) is 2. The number of nitrogens with one attached hydrogen (secondary N) is 1. The summed E-state index contributed by atoms with van der Waals surface area (Å²) in [4.78, 5) is 2.82. The Morgan fingerprint density at radius 1 is 1.25 bits per heavy atom. The van der Waals surface area contributed by atoms with Crippen LogP contribution < -0.4 is 5.32 Å². The van der Waals surface area contributed by atoms with Crippen molar-refractivity contribution in [3.05, 3.63) is 0 Å². The average Bonchev–Trinajstić information content (AvgIpc) is 2.29. The van der Waals surface area contributed by atoms with Gasteiger partial charge in [0.15, 0.2) is 0 Å². The maximum absolute atomic E-state index is 3.55. The molecule has 0 aromatic heterocycles. The fourth-order valence-corrected chi connectivity index (χ4v) is 3.52. The SMILES string of the molecule is CC1CCCC(N2CCNCC2C(C)C)C1. The molecule has 0 radical (unpaired) electrons. The molecule has 2 fully saturated rings. The third kappa shape index (κ3) is 2.78. The molecule has 0 bridgehead atoms. The predicted octanol–water partition coefficient (Wildman–Crippen LogP) is 2.49. The van der Waals surface area contributed by atoms with E-state index in [4.69, 9.17) is 0 Å². The van der Waals surface area contributed by atoms with Gasteiger partial charge in [0.25, 0.3) is 0 Å². The molecule has 0 amide bonds. The van der Waals surface area contributed by atoms with Crippen LogP contribution in [0, 0.1) is 11.8 Å².